The van der Waals surface area contributed by atoms with Crippen LogP contribution in [0.15, 0.2) is 54.2 Å². The van der Waals surface area contributed by atoms with Crippen molar-refractivity contribution in [2.75, 3.05) is 11.2 Å². The average Bonchev–Trinajstić information content (AvgIpc) is 3.08. The molecular weight excluding hydrogens is 330 g/mol. The second-order valence-corrected chi connectivity index (χ2v) is 6.66. The zero-order valence-corrected chi connectivity index (χ0v) is 13.5. The van der Waals surface area contributed by atoms with Gasteiger partial charge in [0.05, 0.1) is 4.90 Å². The van der Waals surface area contributed by atoms with Gasteiger partial charge in [0.2, 0.25) is 0 Å². The molecule has 0 atom stereocenters. The molecule has 9 nitrogen and oxygen atoms in total. The van der Waals surface area contributed by atoms with E-state index in [4.69, 9.17) is 5.73 Å². The van der Waals surface area contributed by atoms with Crippen LogP contribution in [-0.4, -0.2) is 27.9 Å². The van der Waals surface area contributed by atoms with Crippen LogP contribution in [0.25, 0.3) is 5.82 Å². The smallest absolute Gasteiger partial charge is 0.257 e. The molecule has 4 N–H and O–H groups in total. The summed E-state index contributed by atoms with van der Waals surface area (Å²) in [5.74, 6) is 0.531. The second-order valence-electron chi connectivity index (χ2n) is 4.97. The fourth-order valence-corrected chi connectivity index (χ4v) is 2.81. The monoisotopic (exact) mass is 345 g/mol. The van der Waals surface area contributed by atoms with Crippen molar-refractivity contribution in [2.24, 2.45) is 0 Å². The Bertz CT molecular complexity index is 938. The number of imidazole rings is 1. The van der Waals surface area contributed by atoms with Crippen molar-refractivity contribution in [2.45, 2.75) is 11.8 Å². The number of nitrogens with one attached hydrogen (secondary N) is 2. The van der Waals surface area contributed by atoms with E-state index in [2.05, 4.69) is 25.2 Å². The predicted octanol–water partition coefficient (Wildman–Crippen LogP) is 0.858. The van der Waals surface area contributed by atoms with Crippen LogP contribution in [0.4, 0.5) is 11.5 Å². The highest BCUT2D eigenvalue weighted by Gasteiger charge is 2.15. The predicted molar refractivity (Wildman–Crippen MR) is 88.7 cm³/mol. The van der Waals surface area contributed by atoms with Gasteiger partial charge in [-0.25, -0.2) is 23.4 Å². The molecule has 24 heavy (non-hydrogen) atoms. The molecule has 0 radical (unpaired) electrons. The normalized spacial score (nSPS) is 11.4. The van der Waals surface area contributed by atoms with Crippen LogP contribution >= 0.6 is 0 Å². The molecule has 3 aromatic rings. The van der Waals surface area contributed by atoms with E-state index in [9.17, 15) is 8.42 Å². The van der Waals surface area contributed by atoms with Crippen LogP contribution < -0.4 is 16.0 Å². The highest BCUT2D eigenvalue weighted by atomic mass is 32.2. The van der Waals surface area contributed by atoms with E-state index in [-0.39, 0.29) is 16.4 Å². The summed E-state index contributed by atoms with van der Waals surface area (Å²) in [5.41, 5.74) is 9.66. The summed E-state index contributed by atoms with van der Waals surface area (Å²) < 4.78 is 26.1. The lowest BCUT2D eigenvalue weighted by Crippen LogP contribution is -2.30. The Morgan fingerprint density at radius 1 is 1.17 bits per heavy atom. The maximum Gasteiger partial charge on any atom is 0.257 e. The summed E-state index contributed by atoms with van der Waals surface area (Å²) in [6.07, 6.45) is 6.04. The maximum atomic E-state index is 12.3. The summed E-state index contributed by atoms with van der Waals surface area (Å²) in [6, 6.07) is 6.45. The van der Waals surface area contributed by atoms with Crippen LogP contribution in [-0.2, 0) is 10.0 Å². The Labute approximate surface area is 138 Å². The zero-order valence-electron chi connectivity index (χ0n) is 12.7. The van der Waals surface area contributed by atoms with Gasteiger partial charge in [-0.2, -0.15) is 0 Å². The molecule has 0 unspecified atom stereocenters. The number of hydrogen-bond acceptors (Lipinski definition) is 7. The van der Waals surface area contributed by atoms with E-state index in [1.165, 1.54) is 24.8 Å². The van der Waals surface area contributed by atoms with E-state index in [0.717, 1.165) is 5.56 Å². The first-order chi connectivity index (χ1) is 11.5. The van der Waals surface area contributed by atoms with E-state index in [1.54, 1.807) is 29.1 Å². The lowest BCUT2D eigenvalue weighted by molar-refractivity contribution is 0.587. The van der Waals surface area contributed by atoms with Gasteiger partial charge in [-0.15, -0.1) is 4.83 Å². The van der Waals surface area contributed by atoms with E-state index >= 15 is 0 Å². The Kier molecular flexibility index (Phi) is 4.15. The summed E-state index contributed by atoms with van der Waals surface area (Å²) in [5, 5.41) is 0. The van der Waals surface area contributed by atoms with Crippen LogP contribution in [0, 0.1) is 6.92 Å². The van der Waals surface area contributed by atoms with Crippen molar-refractivity contribution in [1.29, 1.82) is 0 Å². The van der Waals surface area contributed by atoms with Crippen molar-refractivity contribution < 1.29 is 8.42 Å². The fourth-order valence-electron chi connectivity index (χ4n) is 1.97. The molecule has 3 rings (SSSR count). The minimum atomic E-state index is -3.75. The Hall–Kier alpha value is -2.98. The van der Waals surface area contributed by atoms with Crippen molar-refractivity contribution in [3.8, 4) is 5.82 Å². The van der Waals surface area contributed by atoms with Crippen LogP contribution in [0.3, 0.4) is 0 Å². The van der Waals surface area contributed by atoms with Crippen molar-refractivity contribution in [3.05, 3.63) is 54.9 Å². The number of hydrogen-bond donors (Lipinski definition) is 3. The maximum absolute atomic E-state index is 12.3. The molecule has 124 valence electrons. The van der Waals surface area contributed by atoms with Crippen LogP contribution in [0.1, 0.15) is 5.56 Å². The number of benzene rings is 1. The minimum absolute atomic E-state index is 0.128. The Balaban J connectivity index is 1.82. The number of nitrogens with two attached hydrogens (primary N) is 1. The topological polar surface area (TPSA) is 128 Å². The first-order valence-corrected chi connectivity index (χ1v) is 8.39. The first kappa shape index (κ1) is 15.9. The molecule has 0 spiro atoms. The molecule has 0 aliphatic carbocycles. The highest BCUT2D eigenvalue weighted by molar-refractivity contribution is 7.89. The third-order valence-corrected chi connectivity index (χ3v) is 4.51. The van der Waals surface area contributed by atoms with Gasteiger partial charge in [0.1, 0.15) is 18.3 Å². The number of nitrogen functional groups attached to an aromatic ring is 1. The minimum Gasteiger partial charge on any atom is -0.393 e. The van der Waals surface area contributed by atoms with Crippen molar-refractivity contribution in [1.82, 2.24) is 24.4 Å². The SMILES string of the molecule is Cc1ccc(S(=O)(=O)NNc2ncnc(-n3ccnc3)c2N)cc1. The van der Waals surface area contributed by atoms with Gasteiger partial charge < -0.3 is 5.73 Å². The molecule has 0 fully saturated rings. The van der Waals surface area contributed by atoms with Gasteiger partial charge in [-0.3, -0.25) is 9.99 Å². The van der Waals surface area contributed by atoms with E-state index < -0.39 is 10.0 Å². The number of anilines is 2. The molecule has 2 heterocycles. The van der Waals surface area contributed by atoms with Gasteiger partial charge >= 0.3 is 0 Å². The van der Waals surface area contributed by atoms with Gasteiger partial charge in [0.25, 0.3) is 10.0 Å². The molecule has 0 aliphatic rings. The molecular formula is C14H15N7O2S. The summed E-state index contributed by atoms with van der Waals surface area (Å²) in [7, 11) is -3.75. The molecule has 0 saturated carbocycles. The first-order valence-electron chi connectivity index (χ1n) is 6.90. The van der Waals surface area contributed by atoms with Gasteiger partial charge in [0.15, 0.2) is 11.6 Å². The summed E-state index contributed by atoms with van der Waals surface area (Å²) in [6.45, 7) is 1.88. The number of sulfonamides is 1. The number of aryl methyl sites for hydroxylation is 1. The number of rotatable bonds is 5. The van der Waals surface area contributed by atoms with Crippen molar-refractivity contribution >= 4 is 21.5 Å². The zero-order chi connectivity index (χ0) is 17.2. The lowest BCUT2D eigenvalue weighted by Gasteiger charge is -2.12. The molecule has 0 aliphatic heterocycles. The molecule has 0 amide bonds. The summed E-state index contributed by atoms with van der Waals surface area (Å²) in [4.78, 5) is 14.3. The Morgan fingerprint density at radius 3 is 2.58 bits per heavy atom. The molecule has 1 aromatic carbocycles. The number of hydrazine groups is 1. The molecule has 0 saturated heterocycles. The molecule has 0 bridgehead atoms. The van der Waals surface area contributed by atoms with Gasteiger partial charge in [-0.05, 0) is 19.1 Å². The fraction of sp³-hybridized carbons (Fsp3) is 0.0714. The third-order valence-electron chi connectivity index (χ3n) is 3.25. The Morgan fingerprint density at radius 2 is 1.92 bits per heavy atom. The lowest BCUT2D eigenvalue weighted by atomic mass is 10.2. The largest absolute Gasteiger partial charge is 0.393 e. The summed E-state index contributed by atoms with van der Waals surface area (Å²) >= 11 is 0. The van der Waals surface area contributed by atoms with E-state index in [0.29, 0.717) is 5.82 Å². The van der Waals surface area contributed by atoms with Crippen molar-refractivity contribution in [3.63, 3.8) is 0 Å². The third kappa shape index (κ3) is 3.19. The number of nitrogens with zero attached hydrogens (tertiary/aromatic N) is 4. The standard InChI is InChI=1S/C14H15N7O2S/c1-10-2-4-11(5-3-10)24(22,23)20-19-13-12(15)14(18-8-17-13)21-7-6-16-9-21/h2-9,20H,15H2,1H3,(H,17,18,19). The van der Waals surface area contributed by atoms with Crippen LogP contribution in [0.2, 0.25) is 0 Å². The average molecular weight is 345 g/mol. The van der Waals surface area contributed by atoms with E-state index in [1.807, 2.05) is 6.92 Å². The van der Waals surface area contributed by atoms with Crippen LogP contribution in [0.5, 0.6) is 0 Å². The second kappa shape index (κ2) is 6.26. The molecule has 10 heteroatoms. The number of aromatic nitrogens is 4. The van der Waals surface area contributed by atoms with Gasteiger partial charge in [0, 0.05) is 12.4 Å². The van der Waals surface area contributed by atoms with Gasteiger partial charge in [-0.1, -0.05) is 17.7 Å². The highest BCUT2D eigenvalue weighted by Crippen LogP contribution is 2.21. The quantitative estimate of drug-likeness (QED) is 0.585. The molecule has 2 aromatic heterocycles.